The Labute approximate surface area is 290 Å². The normalized spacial score (nSPS) is 27.0. The summed E-state index contributed by atoms with van der Waals surface area (Å²) >= 11 is 0. The molecule has 2 aromatic rings. The van der Waals surface area contributed by atoms with Crippen LogP contribution in [0.5, 0.6) is 0 Å². The van der Waals surface area contributed by atoms with Crippen LogP contribution in [0.3, 0.4) is 0 Å². The molecule has 4 atom stereocenters. The highest BCUT2D eigenvalue weighted by Gasteiger charge is 2.37. The Hall–Kier alpha value is -3.58. The second-order valence-electron chi connectivity index (χ2n) is 16.2. The van der Waals surface area contributed by atoms with Gasteiger partial charge in [-0.05, 0) is 146 Å². The van der Waals surface area contributed by atoms with E-state index in [2.05, 4.69) is 124 Å². The van der Waals surface area contributed by atoms with Gasteiger partial charge in [-0.2, -0.15) is 0 Å². The van der Waals surface area contributed by atoms with Crippen LogP contribution in [0.2, 0.25) is 0 Å². The van der Waals surface area contributed by atoms with Gasteiger partial charge in [-0.3, -0.25) is 0 Å². The van der Waals surface area contributed by atoms with Crippen molar-refractivity contribution in [2.24, 2.45) is 5.41 Å². The highest BCUT2D eigenvalue weighted by Crippen LogP contribution is 2.49. The van der Waals surface area contributed by atoms with Gasteiger partial charge in [0, 0.05) is 29.0 Å². The van der Waals surface area contributed by atoms with Crippen LogP contribution in [0.4, 0.5) is 0 Å². The van der Waals surface area contributed by atoms with Crippen molar-refractivity contribution in [3.05, 3.63) is 140 Å². The molecule has 0 aliphatic heterocycles. The topological polar surface area (TPSA) is 12.0 Å². The van der Waals surface area contributed by atoms with Gasteiger partial charge >= 0.3 is 0 Å². The number of allylic oxidation sites excluding steroid dienone is 11. The largest absolute Gasteiger partial charge is 0.383 e. The minimum Gasteiger partial charge on any atom is -0.383 e. The highest BCUT2D eigenvalue weighted by molar-refractivity contribution is 5.75. The number of hydrogen-bond acceptors (Lipinski definition) is 1. The molecule has 0 heterocycles. The summed E-state index contributed by atoms with van der Waals surface area (Å²) in [5, 5.41) is 4.14. The number of hydrogen-bond donors (Lipinski definition) is 1. The van der Waals surface area contributed by atoms with Crippen LogP contribution in [0, 0.1) is 5.41 Å². The minimum atomic E-state index is 0.0271. The van der Waals surface area contributed by atoms with E-state index < -0.39 is 0 Å². The van der Waals surface area contributed by atoms with Gasteiger partial charge in [0.1, 0.15) is 0 Å². The molecule has 1 heteroatoms. The third-order valence-electron chi connectivity index (χ3n) is 13.2. The summed E-state index contributed by atoms with van der Waals surface area (Å²) in [7, 11) is 0. The first-order chi connectivity index (χ1) is 23.4. The van der Waals surface area contributed by atoms with E-state index in [1.807, 2.05) is 0 Å². The highest BCUT2D eigenvalue weighted by atomic mass is 15.0. The van der Waals surface area contributed by atoms with Crippen molar-refractivity contribution in [3.63, 3.8) is 0 Å². The van der Waals surface area contributed by atoms with Gasteiger partial charge < -0.3 is 5.32 Å². The quantitative estimate of drug-likeness (QED) is 0.285. The van der Waals surface area contributed by atoms with Crippen molar-refractivity contribution in [2.75, 3.05) is 0 Å². The van der Waals surface area contributed by atoms with E-state index in [4.69, 9.17) is 0 Å². The van der Waals surface area contributed by atoms with Crippen molar-refractivity contribution < 1.29 is 0 Å². The smallest absolute Gasteiger partial charge is 0.0385 e. The summed E-state index contributed by atoms with van der Waals surface area (Å²) in [6, 6.07) is 7.22. The second kappa shape index (κ2) is 12.7. The Bertz CT molecular complexity index is 1810. The number of benzene rings is 2. The number of nitrogens with one attached hydrogen (secondary N) is 1. The zero-order valence-corrected chi connectivity index (χ0v) is 29.9. The molecule has 4 unspecified atom stereocenters. The van der Waals surface area contributed by atoms with Gasteiger partial charge in [0.2, 0.25) is 0 Å². The van der Waals surface area contributed by atoms with Crippen LogP contribution >= 0.6 is 0 Å². The number of rotatable bonds is 8. The molecule has 1 N–H and O–H groups in total. The fourth-order valence-corrected chi connectivity index (χ4v) is 9.86. The second-order valence-corrected chi connectivity index (χ2v) is 16.2. The summed E-state index contributed by atoms with van der Waals surface area (Å²) in [6.45, 7) is 9.71. The molecule has 0 aromatic heterocycles. The van der Waals surface area contributed by atoms with Crippen LogP contribution < -0.4 is 5.32 Å². The molecule has 2 aromatic carbocycles. The van der Waals surface area contributed by atoms with Crippen LogP contribution in [0.25, 0.3) is 12.2 Å². The van der Waals surface area contributed by atoms with E-state index in [9.17, 15) is 0 Å². The maximum absolute atomic E-state index is 4.14. The zero-order valence-electron chi connectivity index (χ0n) is 29.9. The van der Waals surface area contributed by atoms with Crippen molar-refractivity contribution in [3.8, 4) is 0 Å². The van der Waals surface area contributed by atoms with Gasteiger partial charge in [0.05, 0.1) is 0 Å². The predicted octanol–water partition coefficient (Wildman–Crippen LogP) is 11.9. The van der Waals surface area contributed by atoms with E-state index in [1.54, 1.807) is 50.1 Å². The van der Waals surface area contributed by atoms with E-state index in [1.165, 1.54) is 36.9 Å². The van der Waals surface area contributed by atoms with Crippen molar-refractivity contribution in [2.45, 2.75) is 128 Å². The minimum absolute atomic E-state index is 0.0271. The average molecular weight is 634 g/mol. The summed E-state index contributed by atoms with van der Waals surface area (Å²) in [6.07, 6.45) is 43.3. The average Bonchev–Trinajstić information content (AvgIpc) is 3.10. The SMILES string of the molecule is CCC(C)(CC)C1=CC=CC(c2c3c(c(C4C=CCC(C)(NC5=CC=CC(c6ccc7c(c6)CC7)C5)C4)c4c2CCC=C4)CCC=C3)C1. The summed E-state index contributed by atoms with van der Waals surface area (Å²) in [5.74, 6) is 1.34. The zero-order chi connectivity index (χ0) is 32.9. The van der Waals surface area contributed by atoms with Gasteiger partial charge in [-0.1, -0.05) is 111 Å². The van der Waals surface area contributed by atoms with Crippen molar-refractivity contribution in [1.82, 2.24) is 5.32 Å². The molecule has 0 saturated heterocycles. The summed E-state index contributed by atoms with van der Waals surface area (Å²) in [5.41, 5.74) is 17.6. The van der Waals surface area contributed by atoms with Crippen LogP contribution in [-0.2, 0) is 25.7 Å². The molecular formula is C47H55N. The monoisotopic (exact) mass is 633 g/mol. The van der Waals surface area contributed by atoms with Gasteiger partial charge in [-0.15, -0.1) is 0 Å². The first-order valence-electron chi connectivity index (χ1n) is 19.2. The lowest BCUT2D eigenvalue weighted by atomic mass is 9.67. The molecule has 0 bridgehead atoms. The number of aryl methyl sites for hydroxylation is 2. The Morgan fingerprint density at radius 1 is 0.750 bits per heavy atom. The Balaban J connectivity index is 1.10. The molecule has 0 radical (unpaired) electrons. The van der Waals surface area contributed by atoms with E-state index in [0.717, 1.165) is 51.4 Å². The first-order valence-corrected chi connectivity index (χ1v) is 19.2. The fraction of sp³-hybridized carbons (Fsp3) is 0.447. The lowest BCUT2D eigenvalue weighted by Crippen LogP contribution is -2.44. The van der Waals surface area contributed by atoms with Crippen LogP contribution in [0.1, 0.15) is 147 Å². The summed E-state index contributed by atoms with van der Waals surface area (Å²) < 4.78 is 0. The molecule has 0 fully saturated rings. The summed E-state index contributed by atoms with van der Waals surface area (Å²) in [4.78, 5) is 0. The van der Waals surface area contributed by atoms with Gasteiger partial charge in [0.25, 0.3) is 0 Å². The molecule has 48 heavy (non-hydrogen) atoms. The van der Waals surface area contributed by atoms with E-state index >= 15 is 0 Å². The molecular weight excluding hydrogens is 579 g/mol. The fourth-order valence-electron chi connectivity index (χ4n) is 9.86. The van der Waals surface area contributed by atoms with Crippen LogP contribution in [-0.4, -0.2) is 5.54 Å². The molecule has 0 spiro atoms. The van der Waals surface area contributed by atoms with E-state index in [-0.39, 0.29) is 11.0 Å². The van der Waals surface area contributed by atoms with Crippen LogP contribution in [0.15, 0.2) is 90.2 Å². The molecule has 1 nitrogen and oxygen atoms in total. The lowest BCUT2D eigenvalue weighted by Gasteiger charge is -2.41. The van der Waals surface area contributed by atoms with E-state index in [0.29, 0.717) is 17.8 Å². The molecule has 6 aliphatic carbocycles. The Kier molecular flexibility index (Phi) is 8.38. The predicted molar refractivity (Wildman–Crippen MR) is 206 cm³/mol. The Morgan fingerprint density at radius 2 is 1.44 bits per heavy atom. The molecule has 6 aliphatic rings. The molecule has 8 rings (SSSR count). The van der Waals surface area contributed by atoms with Gasteiger partial charge in [-0.25, -0.2) is 0 Å². The molecule has 0 saturated carbocycles. The maximum Gasteiger partial charge on any atom is 0.0385 e. The third kappa shape index (κ3) is 5.66. The van der Waals surface area contributed by atoms with Gasteiger partial charge in [0.15, 0.2) is 0 Å². The van der Waals surface area contributed by atoms with Crippen molar-refractivity contribution in [1.29, 1.82) is 0 Å². The standard InChI is InChI=1S/C47H55N/c1-5-46(3,6-2)38-17-11-15-36(29-38)44-40-19-7-9-21-42(40)45(43-22-10-8-20-41(43)44)37-16-13-27-47(4,31-37)48-39-18-12-14-33(30-39)35-26-24-32-23-25-34(32)28-35/h7,10-19,22,24,26,28,33,36-37,48H,5-6,8-9,20-21,23,25,27,29-31H2,1-4H3. The maximum atomic E-state index is 4.14. The van der Waals surface area contributed by atoms with Crippen molar-refractivity contribution >= 4 is 12.2 Å². The first kappa shape index (κ1) is 31.7. The number of fused-ring (bicyclic) bond motifs is 3. The third-order valence-corrected chi connectivity index (χ3v) is 13.2. The molecule has 0 amide bonds. The molecule has 248 valence electrons. The lowest BCUT2D eigenvalue weighted by molar-refractivity contribution is 0.331. The Morgan fingerprint density at radius 3 is 2.12 bits per heavy atom.